The smallest absolute Gasteiger partial charge is 0.253 e. The molecule has 7 nitrogen and oxygen atoms in total. The van der Waals surface area contributed by atoms with Crippen molar-refractivity contribution in [2.24, 2.45) is 7.05 Å². The molecule has 0 spiro atoms. The van der Waals surface area contributed by atoms with E-state index in [0.29, 0.717) is 5.92 Å². The van der Waals surface area contributed by atoms with Crippen molar-refractivity contribution in [2.45, 2.75) is 32.2 Å². The fourth-order valence-corrected chi connectivity index (χ4v) is 6.01. The second kappa shape index (κ2) is 10.7. The summed E-state index contributed by atoms with van der Waals surface area (Å²) in [5.74, 6) is 1.73. The van der Waals surface area contributed by atoms with E-state index in [4.69, 9.17) is 4.98 Å². The van der Waals surface area contributed by atoms with E-state index in [1.54, 1.807) is 19.0 Å². The van der Waals surface area contributed by atoms with Gasteiger partial charge in [-0.25, -0.2) is 4.98 Å². The molecule has 0 unspecified atom stereocenters. The number of likely N-dealkylation sites (tertiary alicyclic amines) is 1. The summed E-state index contributed by atoms with van der Waals surface area (Å²) in [4.78, 5) is 23.5. The number of amides is 1. The van der Waals surface area contributed by atoms with E-state index in [2.05, 4.69) is 77.1 Å². The molecule has 5 rings (SSSR count). The van der Waals surface area contributed by atoms with Gasteiger partial charge in [-0.1, -0.05) is 12.1 Å². The van der Waals surface area contributed by atoms with Gasteiger partial charge in [-0.3, -0.25) is 9.69 Å². The van der Waals surface area contributed by atoms with E-state index in [-0.39, 0.29) is 5.91 Å². The van der Waals surface area contributed by atoms with E-state index in [1.165, 1.54) is 33.3 Å². The largest absolute Gasteiger partial charge is 0.375 e. The van der Waals surface area contributed by atoms with Gasteiger partial charge in [-0.05, 0) is 91.4 Å². The summed E-state index contributed by atoms with van der Waals surface area (Å²) in [6.07, 6.45) is 8.57. The number of hydrogen-bond acceptors (Lipinski definition) is 5. The first-order valence-corrected chi connectivity index (χ1v) is 13.5. The standard InChI is InChI=1S/C31H40N6O/c1-21-17-23(31(38)34(3)4)7-9-26(21)22-12-15-37(16-13-22)20-25-18-28-27(11-14-33-30(28)36(25)6)24-8-10-29(32-2)35(5)19-24/h7-11,14,17-18,22,32H,12-13,15-16,19-20H2,1-6H3. The molecule has 2 aliphatic rings. The van der Waals surface area contributed by atoms with Crippen LogP contribution in [0.2, 0.25) is 0 Å². The number of aromatic nitrogens is 2. The Hall–Kier alpha value is -3.58. The molecule has 1 N–H and O–H groups in total. The van der Waals surface area contributed by atoms with Crippen LogP contribution in [0.15, 0.2) is 54.5 Å². The highest BCUT2D eigenvalue weighted by Crippen LogP contribution is 2.33. The van der Waals surface area contributed by atoms with Crippen molar-refractivity contribution in [3.63, 3.8) is 0 Å². The minimum absolute atomic E-state index is 0.0630. The van der Waals surface area contributed by atoms with Crippen LogP contribution in [0.3, 0.4) is 0 Å². The monoisotopic (exact) mass is 512 g/mol. The van der Waals surface area contributed by atoms with E-state index in [0.717, 1.165) is 56.1 Å². The average Bonchev–Trinajstić information content (AvgIpc) is 3.23. The number of allylic oxidation sites excluding steroid dienone is 2. The molecule has 1 aromatic carbocycles. The highest BCUT2D eigenvalue weighted by atomic mass is 16.2. The van der Waals surface area contributed by atoms with Gasteiger partial charge in [-0.2, -0.15) is 0 Å². The van der Waals surface area contributed by atoms with Gasteiger partial charge in [0.15, 0.2) is 0 Å². The number of carbonyl (C=O) groups is 1. The van der Waals surface area contributed by atoms with Crippen molar-refractivity contribution in [1.29, 1.82) is 0 Å². The van der Waals surface area contributed by atoms with Crippen LogP contribution in [0, 0.1) is 6.92 Å². The molecule has 1 fully saturated rings. The number of piperidine rings is 1. The molecule has 38 heavy (non-hydrogen) atoms. The Kier molecular flexibility index (Phi) is 7.30. The van der Waals surface area contributed by atoms with Crippen LogP contribution in [-0.4, -0.2) is 78.0 Å². The summed E-state index contributed by atoms with van der Waals surface area (Å²) in [5, 5.41) is 4.48. The minimum Gasteiger partial charge on any atom is -0.375 e. The second-order valence-corrected chi connectivity index (χ2v) is 11.0. The highest BCUT2D eigenvalue weighted by Gasteiger charge is 2.24. The van der Waals surface area contributed by atoms with Crippen LogP contribution < -0.4 is 5.32 Å². The van der Waals surface area contributed by atoms with Crippen LogP contribution in [0.25, 0.3) is 16.6 Å². The average molecular weight is 513 g/mol. The Bertz CT molecular complexity index is 1410. The lowest BCUT2D eigenvalue weighted by Gasteiger charge is -2.33. The number of aryl methyl sites for hydroxylation is 2. The zero-order valence-electron chi connectivity index (χ0n) is 23.6. The van der Waals surface area contributed by atoms with Gasteiger partial charge in [0.05, 0.1) is 0 Å². The van der Waals surface area contributed by atoms with Gasteiger partial charge in [0, 0.05) is 71.2 Å². The Morgan fingerprint density at radius 2 is 1.87 bits per heavy atom. The van der Waals surface area contributed by atoms with Crippen molar-refractivity contribution in [2.75, 3.05) is 47.8 Å². The molecule has 1 amide bonds. The fraction of sp³-hybridized carbons (Fsp3) is 0.419. The zero-order chi connectivity index (χ0) is 27.0. The molecule has 3 aromatic rings. The molecule has 2 aliphatic heterocycles. The molecule has 0 aliphatic carbocycles. The maximum Gasteiger partial charge on any atom is 0.253 e. The second-order valence-electron chi connectivity index (χ2n) is 11.0. The molecule has 4 heterocycles. The first kappa shape index (κ1) is 26.0. The summed E-state index contributed by atoms with van der Waals surface area (Å²) in [6, 6.07) is 10.7. The summed E-state index contributed by atoms with van der Waals surface area (Å²) in [5.41, 5.74) is 8.31. The van der Waals surface area contributed by atoms with Crippen LogP contribution in [0.4, 0.5) is 0 Å². The molecule has 0 atom stereocenters. The van der Waals surface area contributed by atoms with Gasteiger partial charge in [0.25, 0.3) is 5.91 Å². The zero-order valence-corrected chi connectivity index (χ0v) is 23.6. The van der Waals surface area contributed by atoms with Gasteiger partial charge < -0.3 is 19.7 Å². The van der Waals surface area contributed by atoms with Gasteiger partial charge in [0.2, 0.25) is 0 Å². The normalized spacial score (nSPS) is 16.9. The van der Waals surface area contributed by atoms with Crippen LogP contribution >= 0.6 is 0 Å². The lowest BCUT2D eigenvalue weighted by atomic mass is 9.86. The van der Waals surface area contributed by atoms with Crippen molar-refractivity contribution >= 4 is 22.5 Å². The molecule has 0 radical (unpaired) electrons. The number of rotatable bonds is 6. The van der Waals surface area contributed by atoms with Crippen molar-refractivity contribution in [1.82, 2.24) is 29.6 Å². The summed E-state index contributed by atoms with van der Waals surface area (Å²) in [7, 11) is 9.82. The Morgan fingerprint density at radius 1 is 1.11 bits per heavy atom. The number of likely N-dealkylation sites (N-methyl/N-ethyl adjacent to an activating group) is 1. The molecule has 0 saturated carbocycles. The summed E-state index contributed by atoms with van der Waals surface area (Å²) < 4.78 is 2.26. The first-order valence-electron chi connectivity index (χ1n) is 13.5. The number of fused-ring (bicyclic) bond motifs is 1. The molecule has 200 valence electrons. The third-order valence-corrected chi connectivity index (χ3v) is 8.23. The van der Waals surface area contributed by atoms with Crippen LogP contribution in [0.5, 0.6) is 0 Å². The van der Waals surface area contributed by atoms with E-state index < -0.39 is 0 Å². The van der Waals surface area contributed by atoms with Gasteiger partial charge in [0.1, 0.15) is 11.5 Å². The van der Waals surface area contributed by atoms with Gasteiger partial charge in [-0.15, -0.1) is 0 Å². The summed E-state index contributed by atoms with van der Waals surface area (Å²) in [6.45, 7) is 6.07. The topological polar surface area (TPSA) is 56.6 Å². The van der Waals surface area contributed by atoms with E-state index >= 15 is 0 Å². The number of hydrogen-bond donors (Lipinski definition) is 1. The highest BCUT2D eigenvalue weighted by molar-refractivity contribution is 5.94. The fourth-order valence-electron chi connectivity index (χ4n) is 6.01. The van der Waals surface area contributed by atoms with E-state index in [1.807, 2.05) is 19.3 Å². The molecule has 0 bridgehead atoms. The van der Waals surface area contributed by atoms with Crippen molar-refractivity contribution < 1.29 is 4.79 Å². The lowest BCUT2D eigenvalue weighted by molar-refractivity contribution is 0.0827. The Morgan fingerprint density at radius 3 is 2.53 bits per heavy atom. The quantitative estimate of drug-likeness (QED) is 0.532. The molecular formula is C31H40N6O. The van der Waals surface area contributed by atoms with Crippen LogP contribution in [0.1, 0.15) is 51.5 Å². The maximum atomic E-state index is 12.3. The Labute approximate surface area is 226 Å². The third kappa shape index (κ3) is 4.95. The number of nitrogens with one attached hydrogen (secondary N) is 1. The summed E-state index contributed by atoms with van der Waals surface area (Å²) >= 11 is 0. The SMILES string of the molecule is CNC1=CC=C(c2ccnc3c2cc(CN2CCC(c4ccc(C(=O)N(C)C)cc4C)CC2)n3C)CN1C. The van der Waals surface area contributed by atoms with Crippen molar-refractivity contribution in [3.8, 4) is 0 Å². The lowest BCUT2D eigenvalue weighted by Crippen LogP contribution is -2.33. The minimum atomic E-state index is 0.0630. The molecule has 7 heteroatoms. The molecule has 1 saturated heterocycles. The van der Waals surface area contributed by atoms with E-state index in [9.17, 15) is 4.79 Å². The first-order chi connectivity index (χ1) is 18.3. The third-order valence-electron chi connectivity index (χ3n) is 8.23. The van der Waals surface area contributed by atoms with Gasteiger partial charge >= 0.3 is 0 Å². The predicted octanol–water partition coefficient (Wildman–Crippen LogP) is 4.35. The predicted molar refractivity (Wildman–Crippen MR) is 155 cm³/mol. The maximum absolute atomic E-state index is 12.3. The van der Waals surface area contributed by atoms with Crippen molar-refractivity contribution in [3.05, 3.63) is 82.4 Å². The number of nitrogens with zero attached hydrogens (tertiary/aromatic N) is 5. The number of carbonyl (C=O) groups excluding carboxylic acids is 1. The molecule has 2 aromatic heterocycles. The number of pyridine rings is 1. The van der Waals surface area contributed by atoms with Crippen LogP contribution in [-0.2, 0) is 13.6 Å². The Balaban J connectivity index is 1.29. The number of benzene rings is 1. The molecular weight excluding hydrogens is 472 g/mol.